The summed E-state index contributed by atoms with van der Waals surface area (Å²) in [5.74, 6) is 0. The van der Waals surface area contributed by atoms with E-state index in [1.54, 1.807) is 0 Å². The van der Waals surface area contributed by atoms with E-state index in [1.165, 1.54) is 39.1 Å². The largest absolute Gasteiger partial charge is 0.377 e. The Hall–Kier alpha value is -2.80. The molecule has 1 nitrogen and oxygen atoms in total. The summed E-state index contributed by atoms with van der Waals surface area (Å²) >= 11 is 0. The van der Waals surface area contributed by atoms with Gasteiger partial charge in [0.1, 0.15) is 0 Å². The van der Waals surface area contributed by atoms with Gasteiger partial charge in [-0.15, -0.1) is 0 Å². The molecule has 0 aliphatic heterocycles. The molecule has 0 N–H and O–H groups in total. The quantitative estimate of drug-likeness (QED) is 0.503. The molecule has 3 aromatic carbocycles. The maximum absolute atomic E-state index is 2.35. The Labute approximate surface area is 157 Å². The van der Waals surface area contributed by atoms with Gasteiger partial charge < -0.3 is 4.90 Å². The number of benzene rings is 3. The molecule has 0 aliphatic rings. The van der Waals surface area contributed by atoms with Crippen molar-refractivity contribution in [1.29, 1.82) is 0 Å². The fourth-order valence-corrected chi connectivity index (χ4v) is 3.40. The number of rotatable bonds is 5. The summed E-state index contributed by atoms with van der Waals surface area (Å²) in [5.41, 5.74) is 9.20. The molecule has 0 heterocycles. The standard InChI is InChI=1S/C25H27N/c1-19-11-5-7-13-21(19)17-23(24-15-9-6-12-20(24)2)18-22-14-8-10-16-25(22)26(3)4/h5-17H,18H2,1-4H3/b23-17-. The van der Waals surface area contributed by atoms with Crippen LogP contribution in [0.25, 0.3) is 11.6 Å². The molecule has 0 bridgehead atoms. The Morgan fingerprint density at radius 1 is 0.769 bits per heavy atom. The Bertz CT molecular complexity index is 919. The third kappa shape index (κ3) is 4.05. The first kappa shape index (κ1) is 18.0. The Balaban J connectivity index is 2.11. The van der Waals surface area contributed by atoms with E-state index in [-0.39, 0.29) is 0 Å². The molecule has 0 unspecified atom stereocenters. The zero-order valence-corrected chi connectivity index (χ0v) is 16.2. The van der Waals surface area contributed by atoms with Gasteiger partial charge in [-0.2, -0.15) is 0 Å². The summed E-state index contributed by atoms with van der Waals surface area (Å²) in [6, 6.07) is 25.9. The van der Waals surface area contributed by atoms with Crippen molar-refractivity contribution in [2.75, 3.05) is 19.0 Å². The lowest BCUT2D eigenvalue weighted by molar-refractivity contribution is 1.10. The highest BCUT2D eigenvalue weighted by molar-refractivity contribution is 5.85. The Morgan fingerprint density at radius 2 is 1.38 bits per heavy atom. The van der Waals surface area contributed by atoms with E-state index in [4.69, 9.17) is 0 Å². The van der Waals surface area contributed by atoms with Gasteiger partial charge in [-0.05, 0) is 53.3 Å². The maximum Gasteiger partial charge on any atom is 0.0396 e. The minimum atomic E-state index is 0.910. The topological polar surface area (TPSA) is 3.24 Å². The van der Waals surface area contributed by atoms with Gasteiger partial charge in [0.15, 0.2) is 0 Å². The fourth-order valence-electron chi connectivity index (χ4n) is 3.40. The monoisotopic (exact) mass is 341 g/mol. The van der Waals surface area contributed by atoms with Crippen LogP contribution < -0.4 is 4.90 Å². The van der Waals surface area contributed by atoms with E-state index in [9.17, 15) is 0 Å². The number of para-hydroxylation sites is 1. The second-order valence-electron chi connectivity index (χ2n) is 7.04. The van der Waals surface area contributed by atoms with Gasteiger partial charge in [-0.1, -0.05) is 72.8 Å². The first-order valence-corrected chi connectivity index (χ1v) is 9.13. The predicted octanol–water partition coefficient (Wildman–Crippen LogP) is 6.15. The summed E-state index contributed by atoms with van der Waals surface area (Å²) in [6.07, 6.45) is 3.26. The molecular weight excluding hydrogens is 314 g/mol. The van der Waals surface area contributed by atoms with Crippen molar-refractivity contribution in [3.8, 4) is 0 Å². The highest BCUT2D eigenvalue weighted by atomic mass is 15.1. The molecule has 0 saturated heterocycles. The average molecular weight is 341 g/mol. The van der Waals surface area contributed by atoms with Crippen LogP contribution in [0.1, 0.15) is 27.8 Å². The number of aryl methyl sites for hydroxylation is 2. The van der Waals surface area contributed by atoms with Crippen LogP contribution in [-0.2, 0) is 6.42 Å². The normalized spacial score (nSPS) is 11.5. The minimum Gasteiger partial charge on any atom is -0.377 e. The van der Waals surface area contributed by atoms with Gasteiger partial charge in [-0.25, -0.2) is 0 Å². The van der Waals surface area contributed by atoms with Gasteiger partial charge >= 0.3 is 0 Å². The molecule has 0 saturated carbocycles. The zero-order chi connectivity index (χ0) is 18.5. The van der Waals surface area contributed by atoms with Gasteiger partial charge in [-0.3, -0.25) is 0 Å². The molecule has 1 heteroatoms. The predicted molar refractivity (Wildman–Crippen MR) is 115 cm³/mol. The lowest BCUT2D eigenvalue weighted by atomic mass is 9.91. The van der Waals surface area contributed by atoms with Crippen molar-refractivity contribution in [2.45, 2.75) is 20.3 Å². The summed E-state index contributed by atoms with van der Waals surface area (Å²) in [6.45, 7) is 4.37. The van der Waals surface area contributed by atoms with Crippen molar-refractivity contribution >= 4 is 17.3 Å². The molecule has 0 aromatic heterocycles. The summed E-state index contributed by atoms with van der Waals surface area (Å²) in [7, 11) is 4.22. The van der Waals surface area contributed by atoms with Crippen molar-refractivity contribution in [1.82, 2.24) is 0 Å². The molecule has 0 fully saturated rings. The van der Waals surface area contributed by atoms with Crippen LogP contribution in [0.2, 0.25) is 0 Å². The highest BCUT2D eigenvalue weighted by Crippen LogP contribution is 2.29. The molecular formula is C25H27N. The van der Waals surface area contributed by atoms with Crippen LogP contribution >= 0.6 is 0 Å². The molecule has 26 heavy (non-hydrogen) atoms. The average Bonchev–Trinajstić information content (AvgIpc) is 2.63. The first-order valence-electron chi connectivity index (χ1n) is 9.13. The molecule has 3 rings (SSSR count). The number of hydrogen-bond acceptors (Lipinski definition) is 1. The summed E-state index contributed by atoms with van der Waals surface area (Å²) < 4.78 is 0. The van der Waals surface area contributed by atoms with Crippen molar-refractivity contribution in [3.63, 3.8) is 0 Å². The number of anilines is 1. The second kappa shape index (κ2) is 8.05. The van der Waals surface area contributed by atoms with Gasteiger partial charge in [0.2, 0.25) is 0 Å². The van der Waals surface area contributed by atoms with E-state index in [1.807, 2.05) is 0 Å². The second-order valence-corrected chi connectivity index (χ2v) is 7.04. The van der Waals surface area contributed by atoms with E-state index >= 15 is 0 Å². The molecule has 3 aromatic rings. The smallest absolute Gasteiger partial charge is 0.0396 e. The fraction of sp³-hybridized carbons (Fsp3) is 0.200. The Kier molecular flexibility index (Phi) is 5.58. The van der Waals surface area contributed by atoms with Gasteiger partial charge in [0.25, 0.3) is 0 Å². The van der Waals surface area contributed by atoms with E-state index in [0.717, 1.165) is 6.42 Å². The summed E-state index contributed by atoms with van der Waals surface area (Å²) in [5, 5.41) is 0. The van der Waals surface area contributed by atoms with Crippen molar-refractivity contribution in [2.24, 2.45) is 0 Å². The molecule has 132 valence electrons. The van der Waals surface area contributed by atoms with E-state index in [2.05, 4.69) is 112 Å². The van der Waals surface area contributed by atoms with Crippen LogP contribution in [-0.4, -0.2) is 14.1 Å². The molecule has 0 atom stereocenters. The van der Waals surface area contributed by atoms with Gasteiger partial charge in [0.05, 0.1) is 0 Å². The minimum absolute atomic E-state index is 0.910. The third-order valence-electron chi connectivity index (χ3n) is 4.86. The SMILES string of the molecule is Cc1ccccc1/C=C(/Cc1ccccc1N(C)C)c1ccccc1C. The van der Waals surface area contributed by atoms with Crippen LogP contribution in [0.3, 0.4) is 0 Å². The lowest BCUT2D eigenvalue weighted by Gasteiger charge is -2.19. The van der Waals surface area contributed by atoms with E-state index < -0.39 is 0 Å². The van der Waals surface area contributed by atoms with Crippen LogP contribution in [0.15, 0.2) is 72.8 Å². The van der Waals surface area contributed by atoms with Crippen LogP contribution in [0.4, 0.5) is 5.69 Å². The van der Waals surface area contributed by atoms with Crippen molar-refractivity contribution < 1.29 is 0 Å². The third-order valence-corrected chi connectivity index (χ3v) is 4.86. The molecule has 0 amide bonds. The zero-order valence-electron chi connectivity index (χ0n) is 16.2. The van der Waals surface area contributed by atoms with Crippen LogP contribution in [0.5, 0.6) is 0 Å². The lowest BCUT2D eigenvalue weighted by Crippen LogP contribution is -2.11. The molecule has 0 radical (unpaired) electrons. The van der Waals surface area contributed by atoms with Crippen molar-refractivity contribution in [3.05, 3.63) is 101 Å². The van der Waals surface area contributed by atoms with Crippen LogP contribution in [0, 0.1) is 13.8 Å². The Morgan fingerprint density at radius 3 is 2.08 bits per heavy atom. The van der Waals surface area contributed by atoms with E-state index in [0.29, 0.717) is 0 Å². The highest BCUT2D eigenvalue weighted by Gasteiger charge is 2.11. The molecule has 0 aliphatic carbocycles. The number of nitrogens with zero attached hydrogens (tertiary/aromatic N) is 1. The maximum atomic E-state index is 2.35. The summed E-state index contributed by atoms with van der Waals surface area (Å²) in [4.78, 5) is 2.19. The first-order chi connectivity index (χ1) is 12.6. The molecule has 0 spiro atoms. The van der Waals surface area contributed by atoms with Gasteiger partial charge in [0, 0.05) is 26.2 Å². The number of allylic oxidation sites excluding steroid dienone is 1. The number of hydrogen-bond donors (Lipinski definition) is 0.